The third-order valence-electron chi connectivity index (χ3n) is 14.0. The van der Waals surface area contributed by atoms with Gasteiger partial charge in [-0.15, -0.1) is 0 Å². The Bertz CT molecular complexity index is 2740. The average molecular weight is 1160 g/mol. The van der Waals surface area contributed by atoms with Gasteiger partial charge in [-0.05, 0) is 114 Å². The highest BCUT2D eigenvalue weighted by Gasteiger charge is 2.46. The van der Waals surface area contributed by atoms with E-state index in [1.54, 1.807) is 53.7 Å². The highest BCUT2D eigenvalue weighted by molar-refractivity contribution is 5.95. The second-order valence-corrected chi connectivity index (χ2v) is 24.3. The van der Waals surface area contributed by atoms with Crippen molar-refractivity contribution in [2.75, 3.05) is 32.7 Å². The number of piperidine rings is 1. The first kappa shape index (κ1) is 66.8. The maximum Gasteiger partial charge on any atom is 0.410 e. The molecule has 84 heavy (non-hydrogen) atoms. The van der Waals surface area contributed by atoms with E-state index in [1.165, 1.54) is 9.80 Å². The number of carbonyl (C=O) groups is 8. The molecule has 1 saturated heterocycles. The molecular formula is C65H89N7O12. The fourth-order valence-corrected chi connectivity index (χ4v) is 9.65. The summed E-state index contributed by atoms with van der Waals surface area (Å²) in [5.74, 6) is -3.34. The van der Waals surface area contributed by atoms with E-state index in [9.17, 15) is 38.4 Å². The van der Waals surface area contributed by atoms with E-state index in [1.807, 2.05) is 137 Å². The number of benzene rings is 4. The van der Waals surface area contributed by atoms with Crippen molar-refractivity contribution >= 4 is 47.9 Å². The standard InChI is InChI=1S/C65H89N7O12/c1-45(2)39-53(69-57(75)54(40-47-25-15-11-16-26-47)67-55(73)42-72(62(80)84-64(8,9)10)41-51(46(3)4)50-31-21-14-22-32-50)56(74)68-52(33-23-24-36-66-60(78)83-63(5,6)7)58(76)71-37-34-65(35-38-71,59(77)81-43-48-27-17-12-18-28-48)70-61(79)82-44-49-29-19-13-20-30-49/h11-22,25-32,45-46,51-54H,23-24,33-44H2,1-10H3,(H,66,78)(H,67,73)(H,68,74)(H,69,75)(H,70,79)/t51-,52-,53-,54-/m1/s1. The van der Waals surface area contributed by atoms with Crippen molar-refractivity contribution in [3.05, 3.63) is 144 Å². The van der Waals surface area contributed by atoms with Gasteiger partial charge in [0.2, 0.25) is 23.6 Å². The highest BCUT2D eigenvalue weighted by Crippen LogP contribution is 2.28. The summed E-state index contributed by atoms with van der Waals surface area (Å²) in [7, 11) is 0. The molecule has 0 saturated carbocycles. The zero-order valence-corrected chi connectivity index (χ0v) is 50.7. The van der Waals surface area contributed by atoms with E-state index < -0.39 is 89.3 Å². The molecule has 19 nitrogen and oxygen atoms in total. The van der Waals surface area contributed by atoms with Gasteiger partial charge in [-0.25, -0.2) is 19.2 Å². The van der Waals surface area contributed by atoms with Crippen LogP contribution < -0.4 is 26.6 Å². The molecule has 0 aliphatic carbocycles. The number of hydrogen-bond donors (Lipinski definition) is 5. The Balaban J connectivity index is 1.37. The van der Waals surface area contributed by atoms with Gasteiger partial charge < -0.3 is 50.4 Å². The molecule has 19 heteroatoms. The topological polar surface area (TPSA) is 240 Å². The zero-order chi connectivity index (χ0) is 61.5. The molecule has 4 aromatic rings. The van der Waals surface area contributed by atoms with Crippen LogP contribution in [0.4, 0.5) is 14.4 Å². The molecule has 4 atom stereocenters. The van der Waals surface area contributed by atoms with Gasteiger partial charge in [0.1, 0.15) is 54.6 Å². The van der Waals surface area contributed by atoms with E-state index in [0.29, 0.717) is 12.8 Å². The number of nitrogens with one attached hydrogen (secondary N) is 5. The Hall–Kier alpha value is -7.96. The molecule has 1 aliphatic rings. The molecule has 0 radical (unpaired) electrons. The Morgan fingerprint density at radius 2 is 1.11 bits per heavy atom. The lowest BCUT2D eigenvalue weighted by atomic mass is 9.87. The summed E-state index contributed by atoms with van der Waals surface area (Å²) in [4.78, 5) is 115. The van der Waals surface area contributed by atoms with Crippen molar-refractivity contribution in [3.63, 3.8) is 0 Å². The van der Waals surface area contributed by atoms with Crippen LogP contribution in [0, 0.1) is 11.8 Å². The molecule has 7 amide bonds. The number of carbonyl (C=O) groups excluding carboxylic acids is 8. The Morgan fingerprint density at radius 3 is 1.64 bits per heavy atom. The Kier molecular flexibility index (Phi) is 25.6. The molecule has 1 heterocycles. The number of esters is 1. The summed E-state index contributed by atoms with van der Waals surface area (Å²) in [6.45, 7) is 18.1. The van der Waals surface area contributed by atoms with E-state index in [0.717, 1.165) is 22.3 Å². The normalized spacial score (nSPS) is 14.6. The van der Waals surface area contributed by atoms with Crippen molar-refractivity contribution in [1.82, 2.24) is 36.4 Å². The third-order valence-corrected chi connectivity index (χ3v) is 14.0. The number of ether oxygens (including phenoxy) is 4. The predicted molar refractivity (Wildman–Crippen MR) is 320 cm³/mol. The fourth-order valence-electron chi connectivity index (χ4n) is 9.65. The first-order valence-electron chi connectivity index (χ1n) is 29.2. The summed E-state index contributed by atoms with van der Waals surface area (Å²) in [6, 6.07) is 33.4. The smallest absolute Gasteiger partial charge is 0.410 e. The lowest BCUT2D eigenvalue weighted by Crippen LogP contribution is -2.63. The van der Waals surface area contributed by atoms with Crippen LogP contribution >= 0.6 is 0 Å². The number of likely N-dealkylation sites (tertiary alicyclic amines) is 1. The number of amides is 7. The van der Waals surface area contributed by atoms with Crippen LogP contribution in [0.15, 0.2) is 121 Å². The molecule has 5 rings (SSSR count). The third kappa shape index (κ3) is 23.0. The minimum absolute atomic E-state index is 0.0203. The molecule has 1 fully saturated rings. The molecule has 456 valence electrons. The van der Waals surface area contributed by atoms with Crippen molar-refractivity contribution < 1.29 is 57.3 Å². The van der Waals surface area contributed by atoms with Crippen LogP contribution in [0.2, 0.25) is 0 Å². The Morgan fingerprint density at radius 1 is 0.595 bits per heavy atom. The number of hydrogen-bond acceptors (Lipinski definition) is 12. The second-order valence-electron chi connectivity index (χ2n) is 24.3. The van der Waals surface area contributed by atoms with Crippen molar-refractivity contribution in [1.29, 1.82) is 0 Å². The second kappa shape index (κ2) is 32.2. The largest absolute Gasteiger partial charge is 0.459 e. The molecule has 1 aliphatic heterocycles. The van der Waals surface area contributed by atoms with Gasteiger partial charge in [-0.1, -0.05) is 149 Å². The van der Waals surface area contributed by atoms with Gasteiger partial charge in [-0.3, -0.25) is 24.1 Å². The fraction of sp³-hybridized carbons (Fsp3) is 0.508. The number of nitrogens with zero attached hydrogens (tertiary/aromatic N) is 2. The zero-order valence-electron chi connectivity index (χ0n) is 50.7. The van der Waals surface area contributed by atoms with Gasteiger partial charge in [-0.2, -0.15) is 0 Å². The molecule has 4 aromatic carbocycles. The van der Waals surface area contributed by atoms with Gasteiger partial charge in [0.25, 0.3) is 0 Å². The van der Waals surface area contributed by atoms with Crippen LogP contribution in [0.1, 0.15) is 136 Å². The predicted octanol–water partition coefficient (Wildman–Crippen LogP) is 9.13. The van der Waals surface area contributed by atoms with Crippen LogP contribution in [0.5, 0.6) is 0 Å². The number of rotatable bonds is 27. The maximum absolute atomic E-state index is 14.9. The highest BCUT2D eigenvalue weighted by atomic mass is 16.6. The molecule has 0 unspecified atom stereocenters. The lowest BCUT2D eigenvalue weighted by Gasteiger charge is -2.41. The molecular weight excluding hydrogens is 1070 g/mol. The van der Waals surface area contributed by atoms with E-state index in [4.69, 9.17) is 18.9 Å². The summed E-state index contributed by atoms with van der Waals surface area (Å²) in [5, 5.41) is 14.2. The van der Waals surface area contributed by atoms with Crippen LogP contribution in [0.3, 0.4) is 0 Å². The number of alkyl carbamates (subject to hydrolysis) is 2. The monoisotopic (exact) mass is 1160 g/mol. The lowest BCUT2D eigenvalue weighted by molar-refractivity contribution is -0.157. The summed E-state index contributed by atoms with van der Waals surface area (Å²) < 4.78 is 22.5. The van der Waals surface area contributed by atoms with Crippen molar-refractivity contribution in [2.24, 2.45) is 11.8 Å². The van der Waals surface area contributed by atoms with Crippen molar-refractivity contribution in [3.8, 4) is 0 Å². The SMILES string of the molecule is CC(C)C[C@@H](NC(=O)[C@@H](Cc1ccccc1)NC(=O)CN(C[C@@H](c1ccccc1)C(C)C)C(=O)OC(C)(C)C)C(=O)N[C@H](CCCCNC(=O)OC(C)(C)C)C(=O)N1CCC(NC(=O)OCc2ccccc2)(C(=O)OCc2ccccc2)CC1. The van der Waals surface area contributed by atoms with Gasteiger partial charge in [0.05, 0.1) is 0 Å². The van der Waals surface area contributed by atoms with Gasteiger partial charge >= 0.3 is 24.2 Å². The van der Waals surface area contributed by atoms with Crippen LogP contribution in [0.25, 0.3) is 0 Å². The molecule has 0 bridgehead atoms. The molecule has 0 aromatic heterocycles. The van der Waals surface area contributed by atoms with E-state index in [2.05, 4.69) is 26.6 Å². The van der Waals surface area contributed by atoms with Crippen LogP contribution in [-0.4, -0.2) is 125 Å². The van der Waals surface area contributed by atoms with E-state index in [-0.39, 0.29) is 89.3 Å². The van der Waals surface area contributed by atoms with Crippen LogP contribution in [-0.2, 0) is 62.6 Å². The Labute approximate surface area is 496 Å². The summed E-state index contributed by atoms with van der Waals surface area (Å²) in [5.41, 5.74) is 0.0227. The summed E-state index contributed by atoms with van der Waals surface area (Å²) >= 11 is 0. The minimum atomic E-state index is -1.57. The van der Waals surface area contributed by atoms with Crippen molar-refractivity contribution in [2.45, 2.75) is 168 Å². The molecule has 0 spiro atoms. The number of unbranched alkanes of at least 4 members (excludes halogenated alkanes) is 1. The average Bonchev–Trinajstić information content (AvgIpc) is 3.15. The van der Waals surface area contributed by atoms with E-state index >= 15 is 0 Å². The first-order chi connectivity index (χ1) is 39.8. The quantitative estimate of drug-likeness (QED) is 0.0213. The van der Waals surface area contributed by atoms with Gasteiger partial charge in [0, 0.05) is 38.5 Å². The first-order valence-corrected chi connectivity index (χ1v) is 29.2. The minimum Gasteiger partial charge on any atom is -0.459 e. The molecule has 5 N–H and O–H groups in total. The van der Waals surface area contributed by atoms with Gasteiger partial charge in [0.15, 0.2) is 0 Å². The summed E-state index contributed by atoms with van der Waals surface area (Å²) in [6.07, 6.45) is -1.15. The maximum atomic E-state index is 14.9.